The first-order chi connectivity index (χ1) is 16.0. The summed E-state index contributed by atoms with van der Waals surface area (Å²) in [5.74, 6) is 0.320. The van der Waals surface area contributed by atoms with Gasteiger partial charge >= 0.3 is 5.97 Å². The molecule has 7 heteroatoms. The Hall–Kier alpha value is -2.61. The van der Waals surface area contributed by atoms with E-state index in [-0.39, 0.29) is 5.97 Å². The first-order valence-corrected chi connectivity index (χ1v) is 11.9. The van der Waals surface area contributed by atoms with Crippen LogP contribution in [0.5, 0.6) is 0 Å². The third kappa shape index (κ3) is 5.66. The van der Waals surface area contributed by atoms with Gasteiger partial charge in [0.1, 0.15) is 0 Å². The Morgan fingerprint density at radius 1 is 1.09 bits per heavy atom. The zero-order chi connectivity index (χ0) is 23.3. The fraction of sp³-hybridized carbons (Fsp3) is 0.346. The number of rotatable bonds is 8. The van der Waals surface area contributed by atoms with Gasteiger partial charge in [-0.2, -0.15) is 0 Å². The van der Waals surface area contributed by atoms with Gasteiger partial charge in [0.05, 0.1) is 35.3 Å². The van der Waals surface area contributed by atoms with Crippen molar-refractivity contribution in [3.05, 3.63) is 82.6 Å². The molecule has 6 nitrogen and oxygen atoms in total. The van der Waals surface area contributed by atoms with Gasteiger partial charge in [-0.15, -0.1) is 0 Å². The minimum atomic E-state index is -0.851. The van der Waals surface area contributed by atoms with Crippen LogP contribution in [-0.4, -0.2) is 39.9 Å². The van der Waals surface area contributed by atoms with E-state index in [4.69, 9.17) is 9.47 Å². The number of halogens is 1. The quantitative estimate of drug-likeness (QED) is 0.440. The summed E-state index contributed by atoms with van der Waals surface area (Å²) in [6.45, 7) is 2.47. The molecule has 0 aliphatic heterocycles. The van der Waals surface area contributed by atoms with Gasteiger partial charge in [0, 0.05) is 18.0 Å². The minimum Gasteiger partial charge on any atom is -0.466 e. The van der Waals surface area contributed by atoms with Crippen molar-refractivity contribution in [3.63, 3.8) is 0 Å². The molecule has 3 atom stereocenters. The van der Waals surface area contributed by atoms with E-state index < -0.39 is 17.6 Å². The zero-order valence-electron chi connectivity index (χ0n) is 18.5. The predicted molar refractivity (Wildman–Crippen MR) is 128 cm³/mol. The summed E-state index contributed by atoms with van der Waals surface area (Å²) >= 11 is 3.36. The molecular weight excluding hydrogens is 484 g/mol. The van der Waals surface area contributed by atoms with Gasteiger partial charge in [-0.1, -0.05) is 48.5 Å². The average Bonchev–Trinajstić information content (AvgIpc) is 3.15. The van der Waals surface area contributed by atoms with Gasteiger partial charge in [0.2, 0.25) is 0 Å². The first-order valence-electron chi connectivity index (χ1n) is 11.1. The number of hydrogen-bond donors (Lipinski definition) is 1. The maximum atomic E-state index is 13.1. The molecule has 0 radical (unpaired) electrons. The van der Waals surface area contributed by atoms with Crippen molar-refractivity contribution in [2.24, 2.45) is 5.41 Å². The molecular formula is C26H27BrN2O4. The van der Waals surface area contributed by atoms with Gasteiger partial charge in [-0.05, 0) is 59.3 Å². The van der Waals surface area contributed by atoms with Crippen LogP contribution >= 0.6 is 15.9 Å². The maximum absolute atomic E-state index is 13.1. The molecule has 1 fully saturated rings. The minimum absolute atomic E-state index is 0.291. The Bertz CT molecular complexity index is 1080. The van der Waals surface area contributed by atoms with Gasteiger partial charge in [0.25, 0.3) is 0 Å². The van der Waals surface area contributed by atoms with E-state index in [2.05, 4.69) is 25.9 Å². The highest BCUT2D eigenvalue weighted by atomic mass is 79.9. The Morgan fingerprint density at radius 3 is 2.55 bits per heavy atom. The van der Waals surface area contributed by atoms with Crippen LogP contribution in [0.1, 0.15) is 30.9 Å². The normalized spacial score (nSPS) is 22.3. The SMILES string of the molecule is CCOC(=O)[C@]1(Cc2cccc(-c3ncc(Br)cn3)c2)C[C@H](OCc2ccccc2)[C@@H](O)C1. The van der Waals surface area contributed by atoms with Crippen LogP contribution in [0.4, 0.5) is 0 Å². The van der Waals surface area contributed by atoms with Crippen molar-refractivity contribution >= 4 is 21.9 Å². The summed E-state index contributed by atoms with van der Waals surface area (Å²) in [6.07, 6.45) is 3.37. The Morgan fingerprint density at radius 2 is 1.82 bits per heavy atom. The second kappa shape index (κ2) is 10.5. The number of aliphatic hydroxyl groups excluding tert-OH is 1. The monoisotopic (exact) mass is 510 g/mol. The second-order valence-corrected chi connectivity index (χ2v) is 9.33. The van der Waals surface area contributed by atoms with Crippen molar-refractivity contribution in [3.8, 4) is 11.4 Å². The Balaban J connectivity index is 1.54. The molecule has 0 unspecified atom stereocenters. The van der Waals surface area contributed by atoms with Crippen LogP contribution in [0.25, 0.3) is 11.4 Å². The molecule has 0 saturated heterocycles. The van der Waals surface area contributed by atoms with E-state index in [0.29, 0.717) is 38.3 Å². The van der Waals surface area contributed by atoms with Crippen molar-refractivity contribution in [2.75, 3.05) is 6.61 Å². The summed E-state index contributed by atoms with van der Waals surface area (Å²) in [4.78, 5) is 21.9. The fourth-order valence-electron chi connectivity index (χ4n) is 4.42. The second-order valence-electron chi connectivity index (χ2n) is 8.41. The number of carbonyl (C=O) groups is 1. The number of nitrogens with zero attached hydrogens (tertiary/aromatic N) is 2. The predicted octanol–water partition coefficient (Wildman–Crippen LogP) is 4.74. The van der Waals surface area contributed by atoms with E-state index in [1.54, 1.807) is 19.3 Å². The van der Waals surface area contributed by atoms with E-state index >= 15 is 0 Å². The third-order valence-corrected chi connectivity index (χ3v) is 6.39. The standard InChI is InChI=1S/C26H27BrN2O4/c1-2-32-25(31)26(13-22(30)23(14-26)33-17-18-7-4-3-5-8-18)12-19-9-6-10-20(11-19)24-28-15-21(27)16-29-24/h3-11,15-16,22-23,30H,2,12-14,17H2,1H3/t22-,23-,26-/m0/s1. The highest BCUT2D eigenvalue weighted by Gasteiger charge is 2.51. The summed E-state index contributed by atoms with van der Waals surface area (Å²) < 4.78 is 12.3. The van der Waals surface area contributed by atoms with Crippen molar-refractivity contribution in [2.45, 2.75) is 45.0 Å². The molecule has 4 rings (SSSR count). The van der Waals surface area contributed by atoms with Crippen molar-refractivity contribution < 1.29 is 19.4 Å². The third-order valence-electron chi connectivity index (χ3n) is 5.98. The van der Waals surface area contributed by atoms with Crippen LogP contribution in [0, 0.1) is 5.41 Å². The van der Waals surface area contributed by atoms with Crippen LogP contribution in [0.2, 0.25) is 0 Å². The largest absolute Gasteiger partial charge is 0.466 e. The molecule has 0 spiro atoms. The first kappa shape index (κ1) is 23.5. The van der Waals surface area contributed by atoms with E-state index in [9.17, 15) is 9.90 Å². The molecule has 3 aromatic rings. The van der Waals surface area contributed by atoms with Gasteiger partial charge < -0.3 is 14.6 Å². The summed E-state index contributed by atoms with van der Waals surface area (Å²) in [6, 6.07) is 17.7. The lowest BCUT2D eigenvalue weighted by atomic mass is 9.79. The van der Waals surface area contributed by atoms with Gasteiger partial charge in [-0.3, -0.25) is 4.79 Å². The number of esters is 1. The number of carbonyl (C=O) groups excluding carboxylic acids is 1. The molecule has 1 N–H and O–H groups in total. The molecule has 1 aliphatic carbocycles. The van der Waals surface area contributed by atoms with Crippen molar-refractivity contribution in [1.82, 2.24) is 9.97 Å². The lowest BCUT2D eigenvalue weighted by Crippen LogP contribution is -2.34. The highest BCUT2D eigenvalue weighted by molar-refractivity contribution is 9.10. The lowest BCUT2D eigenvalue weighted by Gasteiger charge is -2.27. The van der Waals surface area contributed by atoms with Gasteiger partial charge in [0.15, 0.2) is 5.82 Å². The van der Waals surface area contributed by atoms with Gasteiger partial charge in [-0.25, -0.2) is 9.97 Å². The number of aliphatic hydroxyl groups is 1. The summed E-state index contributed by atoms with van der Waals surface area (Å²) in [7, 11) is 0. The number of hydrogen-bond acceptors (Lipinski definition) is 6. The average molecular weight is 511 g/mol. The maximum Gasteiger partial charge on any atom is 0.312 e. The highest BCUT2D eigenvalue weighted by Crippen LogP contribution is 2.44. The van der Waals surface area contributed by atoms with Crippen molar-refractivity contribution in [1.29, 1.82) is 0 Å². The number of aromatic nitrogens is 2. The molecule has 2 aromatic carbocycles. The molecule has 0 bridgehead atoms. The van der Waals surface area contributed by atoms with Crippen LogP contribution < -0.4 is 0 Å². The summed E-state index contributed by atoms with van der Waals surface area (Å²) in [5, 5.41) is 10.8. The fourth-order valence-corrected chi connectivity index (χ4v) is 4.63. The molecule has 33 heavy (non-hydrogen) atoms. The Kier molecular flexibility index (Phi) is 7.53. The Labute approximate surface area is 202 Å². The lowest BCUT2D eigenvalue weighted by molar-refractivity contribution is -0.156. The number of ether oxygens (including phenoxy) is 2. The smallest absolute Gasteiger partial charge is 0.312 e. The summed E-state index contributed by atoms with van der Waals surface area (Å²) in [5.41, 5.74) is 2.01. The topological polar surface area (TPSA) is 81.5 Å². The number of benzene rings is 2. The molecule has 172 valence electrons. The molecule has 1 saturated carbocycles. The molecule has 1 aromatic heterocycles. The molecule has 1 heterocycles. The van der Waals surface area contributed by atoms with E-state index in [0.717, 1.165) is 21.2 Å². The zero-order valence-corrected chi connectivity index (χ0v) is 20.1. The van der Waals surface area contributed by atoms with Crippen LogP contribution in [0.3, 0.4) is 0 Å². The van der Waals surface area contributed by atoms with E-state index in [1.165, 1.54) is 0 Å². The van der Waals surface area contributed by atoms with E-state index in [1.807, 2.05) is 54.6 Å². The van der Waals surface area contributed by atoms with Crippen LogP contribution in [-0.2, 0) is 27.3 Å². The van der Waals surface area contributed by atoms with Crippen LogP contribution in [0.15, 0.2) is 71.5 Å². The molecule has 0 amide bonds. The molecule has 1 aliphatic rings.